The van der Waals surface area contributed by atoms with Crippen LogP contribution in [0.15, 0.2) is 0 Å². The van der Waals surface area contributed by atoms with Crippen LogP contribution in [0.4, 0.5) is 0 Å². The molecule has 1 rings (SSSR count). The highest BCUT2D eigenvalue weighted by molar-refractivity contribution is 4.78. The van der Waals surface area contributed by atoms with Crippen molar-refractivity contribution >= 4 is 0 Å². The number of rotatable bonds is 6. The molecule has 1 fully saturated rings. The van der Waals surface area contributed by atoms with Crippen molar-refractivity contribution < 1.29 is 4.74 Å². The second-order valence-electron chi connectivity index (χ2n) is 5.18. The number of hydrogen-bond acceptors (Lipinski definition) is 2. The third-order valence-corrected chi connectivity index (χ3v) is 2.83. The second-order valence-corrected chi connectivity index (χ2v) is 5.18. The maximum Gasteiger partial charge on any atom is 0.0581 e. The maximum absolute atomic E-state index is 5.67. The van der Waals surface area contributed by atoms with Crippen molar-refractivity contribution in [3.63, 3.8) is 0 Å². The summed E-state index contributed by atoms with van der Waals surface area (Å²) in [6.45, 7) is 10.1. The van der Waals surface area contributed by atoms with Gasteiger partial charge in [-0.05, 0) is 37.6 Å². The quantitative estimate of drug-likeness (QED) is 0.664. The zero-order chi connectivity index (χ0) is 10.4. The zero-order valence-electron chi connectivity index (χ0n) is 9.94. The van der Waals surface area contributed by atoms with Crippen molar-refractivity contribution in [2.45, 2.75) is 52.6 Å². The molecule has 1 atom stereocenters. The Hall–Kier alpha value is -0.0800. The Balaban J connectivity index is 2.18. The summed E-state index contributed by atoms with van der Waals surface area (Å²) in [4.78, 5) is 0. The van der Waals surface area contributed by atoms with E-state index in [1.807, 2.05) is 0 Å². The minimum absolute atomic E-state index is 0.379. The van der Waals surface area contributed by atoms with E-state index in [9.17, 15) is 0 Å². The summed E-state index contributed by atoms with van der Waals surface area (Å²) in [5.74, 6) is 0. The molecule has 1 heterocycles. The van der Waals surface area contributed by atoms with Crippen molar-refractivity contribution in [2.75, 3.05) is 19.7 Å². The summed E-state index contributed by atoms with van der Waals surface area (Å²) in [6.07, 6.45) is 5.45. The van der Waals surface area contributed by atoms with Crippen LogP contribution in [0.5, 0.6) is 0 Å². The standard InChI is InChI=1S/C12H25NO/c1-4-7-13-10-12(2,3)9-11-6-5-8-14-11/h11,13H,4-10H2,1-3H3. The fraction of sp³-hybridized carbons (Fsp3) is 1.00. The van der Waals surface area contributed by atoms with Gasteiger partial charge in [-0.25, -0.2) is 0 Å². The predicted molar refractivity (Wildman–Crippen MR) is 60.5 cm³/mol. The summed E-state index contributed by atoms with van der Waals surface area (Å²) in [7, 11) is 0. The van der Waals surface area contributed by atoms with Gasteiger partial charge < -0.3 is 10.1 Å². The SMILES string of the molecule is CCCNCC(C)(C)CC1CCCO1. The van der Waals surface area contributed by atoms with E-state index in [4.69, 9.17) is 4.74 Å². The van der Waals surface area contributed by atoms with E-state index < -0.39 is 0 Å². The highest BCUT2D eigenvalue weighted by Gasteiger charge is 2.25. The summed E-state index contributed by atoms with van der Waals surface area (Å²) in [6, 6.07) is 0. The van der Waals surface area contributed by atoms with Gasteiger partial charge in [0, 0.05) is 13.2 Å². The molecular formula is C12H25NO. The lowest BCUT2D eigenvalue weighted by Crippen LogP contribution is -2.32. The summed E-state index contributed by atoms with van der Waals surface area (Å²) in [5.41, 5.74) is 0.379. The Morgan fingerprint density at radius 1 is 1.43 bits per heavy atom. The van der Waals surface area contributed by atoms with Gasteiger partial charge in [-0.2, -0.15) is 0 Å². The Labute approximate surface area is 88.4 Å². The molecule has 0 aromatic carbocycles. The van der Waals surface area contributed by atoms with E-state index in [0.29, 0.717) is 11.5 Å². The number of ether oxygens (including phenoxy) is 1. The molecule has 0 bridgehead atoms. The van der Waals surface area contributed by atoms with E-state index in [1.165, 1.54) is 25.7 Å². The van der Waals surface area contributed by atoms with Crippen LogP contribution in [0, 0.1) is 5.41 Å². The molecule has 14 heavy (non-hydrogen) atoms. The van der Waals surface area contributed by atoms with Crippen LogP contribution < -0.4 is 5.32 Å². The van der Waals surface area contributed by atoms with Crippen LogP contribution in [-0.4, -0.2) is 25.8 Å². The van der Waals surface area contributed by atoms with Crippen molar-refractivity contribution in [1.29, 1.82) is 0 Å². The van der Waals surface area contributed by atoms with Gasteiger partial charge in [0.2, 0.25) is 0 Å². The summed E-state index contributed by atoms with van der Waals surface area (Å²) in [5, 5.41) is 3.49. The lowest BCUT2D eigenvalue weighted by Gasteiger charge is -2.27. The highest BCUT2D eigenvalue weighted by Crippen LogP contribution is 2.27. The van der Waals surface area contributed by atoms with Gasteiger partial charge in [0.25, 0.3) is 0 Å². The smallest absolute Gasteiger partial charge is 0.0581 e. The van der Waals surface area contributed by atoms with Gasteiger partial charge in [-0.15, -0.1) is 0 Å². The Kier molecular flexibility index (Phi) is 4.90. The lowest BCUT2D eigenvalue weighted by atomic mass is 9.86. The van der Waals surface area contributed by atoms with Crippen molar-refractivity contribution in [2.24, 2.45) is 5.41 Å². The average Bonchev–Trinajstić information content (AvgIpc) is 2.56. The second kappa shape index (κ2) is 5.72. The first kappa shape index (κ1) is 12.0. The molecule has 1 N–H and O–H groups in total. The maximum atomic E-state index is 5.67. The van der Waals surface area contributed by atoms with E-state index in [-0.39, 0.29) is 0 Å². The fourth-order valence-corrected chi connectivity index (χ4v) is 2.10. The molecule has 1 aliphatic heterocycles. The van der Waals surface area contributed by atoms with Crippen molar-refractivity contribution in [3.8, 4) is 0 Å². The normalized spacial score (nSPS) is 22.9. The Bertz CT molecular complexity index is 150. The van der Waals surface area contributed by atoms with Crippen LogP contribution in [-0.2, 0) is 4.74 Å². The molecular weight excluding hydrogens is 174 g/mol. The minimum atomic E-state index is 0.379. The van der Waals surface area contributed by atoms with Gasteiger partial charge in [0.15, 0.2) is 0 Å². The lowest BCUT2D eigenvalue weighted by molar-refractivity contribution is 0.0713. The fourth-order valence-electron chi connectivity index (χ4n) is 2.10. The molecule has 0 aromatic rings. The van der Waals surface area contributed by atoms with Crippen LogP contribution in [0.3, 0.4) is 0 Å². The highest BCUT2D eigenvalue weighted by atomic mass is 16.5. The first-order chi connectivity index (χ1) is 6.64. The molecule has 1 aliphatic rings. The third kappa shape index (κ3) is 4.43. The molecule has 1 unspecified atom stereocenters. The van der Waals surface area contributed by atoms with E-state index in [0.717, 1.165) is 19.7 Å². The summed E-state index contributed by atoms with van der Waals surface area (Å²) >= 11 is 0. The molecule has 2 heteroatoms. The molecule has 0 aliphatic carbocycles. The average molecular weight is 199 g/mol. The first-order valence-electron chi connectivity index (χ1n) is 5.96. The molecule has 0 aromatic heterocycles. The monoisotopic (exact) mass is 199 g/mol. The first-order valence-corrected chi connectivity index (χ1v) is 5.96. The molecule has 0 spiro atoms. The van der Waals surface area contributed by atoms with Crippen LogP contribution in [0.2, 0.25) is 0 Å². The zero-order valence-corrected chi connectivity index (χ0v) is 9.94. The van der Waals surface area contributed by atoms with Crippen molar-refractivity contribution in [3.05, 3.63) is 0 Å². The molecule has 0 amide bonds. The Morgan fingerprint density at radius 2 is 2.21 bits per heavy atom. The molecule has 84 valence electrons. The van der Waals surface area contributed by atoms with Crippen LogP contribution in [0.25, 0.3) is 0 Å². The van der Waals surface area contributed by atoms with Crippen LogP contribution in [0.1, 0.15) is 46.5 Å². The molecule has 1 saturated heterocycles. The van der Waals surface area contributed by atoms with Crippen molar-refractivity contribution in [1.82, 2.24) is 5.32 Å². The van der Waals surface area contributed by atoms with Gasteiger partial charge in [0.1, 0.15) is 0 Å². The van der Waals surface area contributed by atoms with E-state index in [2.05, 4.69) is 26.1 Å². The minimum Gasteiger partial charge on any atom is -0.378 e. The van der Waals surface area contributed by atoms with Gasteiger partial charge in [-0.3, -0.25) is 0 Å². The molecule has 0 saturated carbocycles. The Morgan fingerprint density at radius 3 is 2.79 bits per heavy atom. The van der Waals surface area contributed by atoms with Crippen LogP contribution >= 0.6 is 0 Å². The predicted octanol–water partition coefficient (Wildman–Crippen LogP) is 2.58. The number of nitrogens with one attached hydrogen (secondary N) is 1. The van der Waals surface area contributed by atoms with Gasteiger partial charge >= 0.3 is 0 Å². The molecule has 2 nitrogen and oxygen atoms in total. The summed E-state index contributed by atoms with van der Waals surface area (Å²) < 4.78 is 5.67. The molecule has 0 radical (unpaired) electrons. The topological polar surface area (TPSA) is 21.3 Å². The third-order valence-electron chi connectivity index (χ3n) is 2.83. The van der Waals surface area contributed by atoms with Gasteiger partial charge in [-0.1, -0.05) is 20.8 Å². The van der Waals surface area contributed by atoms with E-state index >= 15 is 0 Å². The van der Waals surface area contributed by atoms with Gasteiger partial charge in [0.05, 0.1) is 6.10 Å². The van der Waals surface area contributed by atoms with E-state index in [1.54, 1.807) is 0 Å². The largest absolute Gasteiger partial charge is 0.378 e. The number of hydrogen-bond donors (Lipinski definition) is 1.